The van der Waals surface area contributed by atoms with Crippen LogP contribution in [-0.2, 0) is 17.7 Å². The van der Waals surface area contributed by atoms with Crippen LogP contribution in [0.5, 0.6) is 6.01 Å². The molecule has 0 saturated carbocycles. The van der Waals surface area contributed by atoms with Crippen molar-refractivity contribution in [3.63, 3.8) is 0 Å². The van der Waals surface area contributed by atoms with E-state index in [1.165, 1.54) is 6.07 Å². The number of carbonyl (C=O) groups excluding carboxylic acids is 1. The highest BCUT2D eigenvalue weighted by atomic mass is 19.1. The molecular formula is C34H42FN7O3. The third kappa shape index (κ3) is 6.76. The third-order valence-corrected chi connectivity index (χ3v) is 8.97. The van der Waals surface area contributed by atoms with E-state index in [0.717, 1.165) is 59.5 Å². The number of hydrogen-bond donors (Lipinski definition) is 0. The van der Waals surface area contributed by atoms with E-state index < -0.39 is 11.7 Å². The predicted molar refractivity (Wildman–Crippen MR) is 172 cm³/mol. The average Bonchev–Trinajstić information content (AvgIpc) is 3.42. The summed E-state index contributed by atoms with van der Waals surface area (Å²) in [6, 6.07) is 11.2. The number of aromatic nitrogens is 2. The molecule has 3 aromatic rings. The highest BCUT2D eigenvalue weighted by Crippen LogP contribution is 2.35. The van der Waals surface area contributed by atoms with E-state index in [2.05, 4.69) is 32.7 Å². The number of likely N-dealkylation sites (tertiary alicyclic amines) is 1. The van der Waals surface area contributed by atoms with Crippen LogP contribution in [0.1, 0.15) is 44.9 Å². The van der Waals surface area contributed by atoms with Crippen LogP contribution in [-0.4, -0.2) is 96.5 Å². The summed E-state index contributed by atoms with van der Waals surface area (Å²) in [5, 5.41) is 1.86. The maximum Gasteiger partial charge on any atom is 0.410 e. The standard InChI is InChI=1S/C34H42FN7O3/c1-34(2,3)45-33(43)42-17-16-41(20-26(42)19-36-4)31-28-13-15-40(30-10-6-8-23-18-24(35)11-12-27(23)30)21-29(28)37-32(38-31)44-22-25-9-7-14-39(25)5/h6,8,10-12,18,25-26H,7,9,13-17,19-22H2,1-3,5H3/t25-,26?/m0/s1. The monoisotopic (exact) mass is 615 g/mol. The molecule has 1 unspecified atom stereocenters. The van der Waals surface area contributed by atoms with Crippen molar-refractivity contribution < 1.29 is 18.7 Å². The number of halogens is 1. The molecule has 45 heavy (non-hydrogen) atoms. The molecule has 238 valence electrons. The molecule has 2 aromatic carbocycles. The number of carbonyl (C=O) groups is 1. The number of amides is 1. The fourth-order valence-corrected chi connectivity index (χ4v) is 6.66. The van der Waals surface area contributed by atoms with Gasteiger partial charge in [-0.25, -0.2) is 15.8 Å². The number of ether oxygens (including phenoxy) is 2. The quantitative estimate of drug-likeness (QED) is 0.353. The summed E-state index contributed by atoms with van der Waals surface area (Å²) in [5.74, 6) is 0.562. The van der Waals surface area contributed by atoms with Crippen LogP contribution >= 0.6 is 0 Å². The van der Waals surface area contributed by atoms with Crippen molar-refractivity contribution in [2.24, 2.45) is 0 Å². The number of nitrogens with zero attached hydrogens (tertiary/aromatic N) is 7. The molecule has 3 aliphatic rings. The SMILES string of the molecule is [C-]#[N+]CC1CN(c2nc(OC[C@@H]3CCCN3C)nc3c2CCN(c2cccc4cc(F)ccc24)C3)CCN1C(=O)OC(C)(C)C. The Morgan fingerprint density at radius 1 is 1.09 bits per heavy atom. The van der Waals surface area contributed by atoms with E-state index in [1.807, 2.05) is 39.0 Å². The van der Waals surface area contributed by atoms with Crippen molar-refractivity contribution in [2.75, 3.05) is 62.7 Å². The van der Waals surface area contributed by atoms with Crippen LogP contribution in [0.4, 0.5) is 20.7 Å². The molecule has 6 rings (SSSR count). The normalized spacial score (nSPS) is 20.7. The summed E-state index contributed by atoms with van der Waals surface area (Å²) in [5.41, 5.74) is 2.38. The second-order valence-corrected chi connectivity index (χ2v) is 13.3. The number of piperazine rings is 1. The Morgan fingerprint density at radius 3 is 2.69 bits per heavy atom. The van der Waals surface area contributed by atoms with Gasteiger partial charge >= 0.3 is 12.1 Å². The molecule has 0 aliphatic carbocycles. The third-order valence-electron chi connectivity index (χ3n) is 8.97. The molecule has 3 aliphatic heterocycles. The van der Waals surface area contributed by atoms with Gasteiger partial charge < -0.3 is 29.0 Å². The smallest absolute Gasteiger partial charge is 0.410 e. The van der Waals surface area contributed by atoms with E-state index in [0.29, 0.717) is 51.3 Å². The number of anilines is 2. The number of likely N-dealkylation sites (N-methyl/N-ethyl adjacent to an activating group) is 1. The summed E-state index contributed by atoms with van der Waals surface area (Å²) < 4.78 is 26.0. The van der Waals surface area contributed by atoms with Gasteiger partial charge in [-0.1, -0.05) is 12.1 Å². The van der Waals surface area contributed by atoms with Gasteiger partial charge in [-0.15, -0.1) is 0 Å². The molecule has 2 fully saturated rings. The van der Waals surface area contributed by atoms with Gasteiger partial charge in [0.2, 0.25) is 6.54 Å². The lowest BCUT2D eigenvalue weighted by Gasteiger charge is -2.41. The maximum absolute atomic E-state index is 14.0. The largest absolute Gasteiger partial charge is 0.462 e. The van der Waals surface area contributed by atoms with Crippen molar-refractivity contribution in [3.8, 4) is 6.01 Å². The van der Waals surface area contributed by atoms with Crippen molar-refractivity contribution in [3.05, 3.63) is 64.9 Å². The molecule has 0 N–H and O–H groups in total. The van der Waals surface area contributed by atoms with E-state index in [-0.39, 0.29) is 18.4 Å². The maximum atomic E-state index is 14.0. The van der Waals surface area contributed by atoms with E-state index in [9.17, 15) is 9.18 Å². The van der Waals surface area contributed by atoms with Gasteiger partial charge in [-0.2, -0.15) is 9.97 Å². The summed E-state index contributed by atoms with van der Waals surface area (Å²) in [4.78, 5) is 35.1. The molecule has 1 amide bonds. The zero-order chi connectivity index (χ0) is 31.7. The first-order chi connectivity index (χ1) is 21.6. The molecule has 10 nitrogen and oxygen atoms in total. The second-order valence-electron chi connectivity index (χ2n) is 13.3. The Balaban J connectivity index is 1.31. The molecule has 0 spiro atoms. The van der Waals surface area contributed by atoms with Gasteiger partial charge in [0.1, 0.15) is 29.9 Å². The van der Waals surface area contributed by atoms with Crippen LogP contribution in [0.3, 0.4) is 0 Å². The number of benzene rings is 2. The molecule has 11 heteroatoms. The van der Waals surface area contributed by atoms with Crippen molar-refractivity contribution >= 4 is 28.4 Å². The van der Waals surface area contributed by atoms with Crippen molar-refractivity contribution in [2.45, 2.75) is 64.3 Å². The van der Waals surface area contributed by atoms with E-state index in [4.69, 9.17) is 26.0 Å². The average molecular weight is 616 g/mol. The fraction of sp³-hybridized carbons (Fsp3) is 0.529. The number of rotatable bonds is 6. The summed E-state index contributed by atoms with van der Waals surface area (Å²) in [6.07, 6.45) is 2.55. The minimum Gasteiger partial charge on any atom is -0.462 e. The first kappa shape index (κ1) is 30.8. The first-order valence-corrected chi connectivity index (χ1v) is 15.8. The zero-order valence-corrected chi connectivity index (χ0v) is 26.6. The fourth-order valence-electron chi connectivity index (χ4n) is 6.66. The van der Waals surface area contributed by atoms with Gasteiger partial charge in [0.05, 0.1) is 12.2 Å². The van der Waals surface area contributed by atoms with Crippen LogP contribution < -0.4 is 14.5 Å². The lowest BCUT2D eigenvalue weighted by molar-refractivity contribution is 0.0155. The molecule has 2 atom stereocenters. The topological polar surface area (TPSA) is 78.6 Å². The Kier molecular flexibility index (Phi) is 8.69. The Hall–Kier alpha value is -4.17. The lowest BCUT2D eigenvalue weighted by Crippen LogP contribution is -2.57. The zero-order valence-electron chi connectivity index (χ0n) is 26.6. The molecule has 1 aromatic heterocycles. The van der Waals surface area contributed by atoms with E-state index >= 15 is 0 Å². The van der Waals surface area contributed by atoms with Crippen molar-refractivity contribution in [1.29, 1.82) is 0 Å². The second kappa shape index (κ2) is 12.7. The number of fused-ring (bicyclic) bond motifs is 2. The van der Waals surface area contributed by atoms with Crippen LogP contribution in [0.25, 0.3) is 15.6 Å². The van der Waals surface area contributed by atoms with Gasteiger partial charge in [-0.3, -0.25) is 4.90 Å². The molecule has 0 radical (unpaired) electrons. The Labute approximate surface area is 264 Å². The van der Waals surface area contributed by atoms with Gasteiger partial charge in [0.25, 0.3) is 0 Å². The highest BCUT2D eigenvalue weighted by Gasteiger charge is 2.37. The lowest BCUT2D eigenvalue weighted by atomic mass is 10.0. The Bertz CT molecular complexity index is 1600. The highest BCUT2D eigenvalue weighted by molar-refractivity contribution is 5.94. The molecule has 0 bridgehead atoms. The molecular weight excluding hydrogens is 573 g/mol. The van der Waals surface area contributed by atoms with Gasteiger partial charge in [0.15, 0.2) is 0 Å². The summed E-state index contributed by atoms with van der Waals surface area (Å²) in [6.45, 7) is 17.6. The minimum absolute atomic E-state index is 0.176. The summed E-state index contributed by atoms with van der Waals surface area (Å²) >= 11 is 0. The van der Waals surface area contributed by atoms with Crippen LogP contribution in [0.15, 0.2) is 36.4 Å². The van der Waals surface area contributed by atoms with Crippen LogP contribution in [0, 0.1) is 12.4 Å². The minimum atomic E-state index is -0.619. The molecule has 4 heterocycles. The van der Waals surface area contributed by atoms with Gasteiger partial charge in [-0.05, 0) is 83.3 Å². The first-order valence-electron chi connectivity index (χ1n) is 15.8. The Morgan fingerprint density at radius 2 is 1.93 bits per heavy atom. The summed E-state index contributed by atoms with van der Waals surface area (Å²) in [7, 11) is 2.12. The van der Waals surface area contributed by atoms with Crippen LogP contribution in [0.2, 0.25) is 0 Å². The van der Waals surface area contributed by atoms with Gasteiger partial charge in [0, 0.05) is 48.9 Å². The number of hydrogen-bond acceptors (Lipinski definition) is 8. The van der Waals surface area contributed by atoms with E-state index in [1.54, 1.807) is 11.0 Å². The van der Waals surface area contributed by atoms with Crippen molar-refractivity contribution in [1.82, 2.24) is 19.8 Å². The molecule has 2 saturated heterocycles. The predicted octanol–water partition coefficient (Wildman–Crippen LogP) is 5.15.